The van der Waals surface area contributed by atoms with Gasteiger partial charge in [0, 0.05) is 18.9 Å². The maximum Gasteiger partial charge on any atom is 0.133 e. The molecule has 1 aromatic carbocycles. The van der Waals surface area contributed by atoms with E-state index in [9.17, 15) is 13.6 Å². The van der Waals surface area contributed by atoms with Crippen molar-refractivity contribution in [3.05, 3.63) is 35.4 Å². The van der Waals surface area contributed by atoms with E-state index in [1.807, 2.05) is 6.92 Å². The molecule has 1 unspecified atom stereocenters. The van der Waals surface area contributed by atoms with Crippen LogP contribution in [0.15, 0.2) is 18.2 Å². The molecule has 0 amide bonds. The Hall–Kier alpha value is -1.25. The zero-order valence-corrected chi connectivity index (χ0v) is 8.52. The Morgan fingerprint density at radius 2 is 1.80 bits per heavy atom. The average molecular weight is 210 g/mol. The lowest BCUT2D eigenvalue weighted by Gasteiger charge is -2.23. The number of rotatable bonds is 1. The number of hydrogen-bond donors (Lipinski definition) is 0. The third-order valence-electron chi connectivity index (χ3n) is 3.10. The molecule has 1 saturated carbocycles. The Morgan fingerprint density at radius 1 is 1.20 bits per heavy atom. The number of halogens is 2. The first-order valence-electron chi connectivity index (χ1n) is 4.98. The molecule has 1 atom stereocenters. The second kappa shape index (κ2) is 3.40. The lowest BCUT2D eigenvalue weighted by molar-refractivity contribution is -0.117. The molecule has 0 spiro atoms. The number of carbonyl (C=O) groups is 1. The SMILES string of the molecule is CC1(c2cc(F)cc(F)c2)CCC(=O)C1. The molecule has 1 fully saturated rings. The molecule has 80 valence electrons. The first-order chi connectivity index (χ1) is 6.99. The summed E-state index contributed by atoms with van der Waals surface area (Å²) < 4.78 is 26.0. The van der Waals surface area contributed by atoms with Gasteiger partial charge in [-0.15, -0.1) is 0 Å². The largest absolute Gasteiger partial charge is 0.300 e. The number of Topliss-reactive ketones (excluding diaryl/α,β-unsaturated/α-hetero) is 1. The molecule has 0 bridgehead atoms. The number of hydrogen-bond acceptors (Lipinski definition) is 1. The lowest BCUT2D eigenvalue weighted by atomic mass is 9.81. The van der Waals surface area contributed by atoms with Crippen molar-refractivity contribution < 1.29 is 13.6 Å². The van der Waals surface area contributed by atoms with Crippen molar-refractivity contribution in [2.75, 3.05) is 0 Å². The highest BCUT2D eigenvalue weighted by atomic mass is 19.1. The van der Waals surface area contributed by atoms with Gasteiger partial charge in [0.15, 0.2) is 0 Å². The molecule has 0 aromatic heterocycles. The van der Waals surface area contributed by atoms with Crippen LogP contribution >= 0.6 is 0 Å². The van der Waals surface area contributed by atoms with Crippen molar-refractivity contribution in [1.82, 2.24) is 0 Å². The van der Waals surface area contributed by atoms with Crippen LogP contribution in [-0.2, 0) is 10.2 Å². The minimum Gasteiger partial charge on any atom is -0.300 e. The Balaban J connectivity index is 2.40. The first-order valence-corrected chi connectivity index (χ1v) is 4.98. The van der Waals surface area contributed by atoms with Crippen molar-refractivity contribution in [2.24, 2.45) is 0 Å². The zero-order chi connectivity index (χ0) is 11.1. The van der Waals surface area contributed by atoms with Crippen LogP contribution in [0, 0.1) is 11.6 Å². The normalized spacial score (nSPS) is 25.9. The molecule has 3 heteroatoms. The predicted octanol–water partition coefficient (Wildman–Crippen LogP) is 2.98. The molecule has 1 aliphatic rings. The quantitative estimate of drug-likeness (QED) is 0.696. The summed E-state index contributed by atoms with van der Waals surface area (Å²) in [6, 6.07) is 3.49. The minimum atomic E-state index is -0.578. The van der Waals surface area contributed by atoms with Crippen molar-refractivity contribution in [3.8, 4) is 0 Å². The summed E-state index contributed by atoms with van der Waals surface area (Å²) in [5.41, 5.74) is 0.200. The highest BCUT2D eigenvalue weighted by Gasteiger charge is 2.35. The van der Waals surface area contributed by atoms with Gasteiger partial charge in [0.05, 0.1) is 0 Å². The molecule has 1 nitrogen and oxygen atoms in total. The van der Waals surface area contributed by atoms with Crippen LogP contribution in [0.2, 0.25) is 0 Å². The Kier molecular flexibility index (Phi) is 2.33. The average Bonchev–Trinajstić information content (AvgIpc) is 2.46. The number of benzene rings is 1. The maximum atomic E-state index is 13.0. The monoisotopic (exact) mass is 210 g/mol. The van der Waals surface area contributed by atoms with Crippen LogP contribution in [0.4, 0.5) is 8.78 Å². The standard InChI is InChI=1S/C12H12F2O/c1-12(3-2-11(15)7-12)8-4-9(13)6-10(14)5-8/h4-6H,2-3,7H2,1H3. The number of ketones is 1. The van der Waals surface area contributed by atoms with Gasteiger partial charge in [0.25, 0.3) is 0 Å². The molecule has 1 aliphatic carbocycles. The fourth-order valence-corrected chi connectivity index (χ4v) is 2.18. The van der Waals surface area contributed by atoms with Gasteiger partial charge >= 0.3 is 0 Å². The van der Waals surface area contributed by atoms with Crippen molar-refractivity contribution >= 4 is 5.78 Å². The lowest BCUT2D eigenvalue weighted by Crippen LogP contribution is -2.18. The zero-order valence-electron chi connectivity index (χ0n) is 8.52. The smallest absolute Gasteiger partial charge is 0.133 e. The summed E-state index contributed by atoms with van der Waals surface area (Å²) in [6.07, 6.45) is 1.57. The second-order valence-electron chi connectivity index (χ2n) is 4.43. The van der Waals surface area contributed by atoms with Gasteiger partial charge in [-0.05, 0) is 29.5 Å². The van der Waals surface area contributed by atoms with Crippen molar-refractivity contribution in [2.45, 2.75) is 31.6 Å². The third-order valence-corrected chi connectivity index (χ3v) is 3.10. The fraction of sp³-hybridized carbons (Fsp3) is 0.417. The van der Waals surface area contributed by atoms with Crippen molar-refractivity contribution in [1.29, 1.82) is 0 Å². The van der Waals surface area contributed by atoms with Crippen LogP contribution in [0.25, 0.3) is 0 Å². The highest BCUT2D eigenvalue weighted by Crippen LogP contribution is 2.39. The van der Waals surface area contributed by atoms with E-state index in [0.717, 1.165) is 6.07 Å². The third kappa shape index (κ3) is 1.91. The summed E-state index contributed by atoms with van der Waals surface area (Å²) in [5, 5.41) is 0. The van der Waals surface area contributed by atoms with Gasteiger partial charge in [0.2, 0.25) is 0 Å². The van der Waals surface area contributed by atoms with Crippen LogP contribution in [-0.4, -0.2) is 5.78 Å². The molecule has 1 aromatic rings. The van der Waals surface area contributed by atoms with E-state index in [1.54, 1.807) is 0 Å². The van der Waals surface area contributed by atoms with Gasteiger partial charge in [-0.1, -0.05) is 6.92 Å². The van der Waals surface area contributed by atoms with Gasteiger partial charge < -0.3 is 0 Å². The fourth-order valence-electron chi connectivity index (χ4n) is 2.18. The van der Waals surface area contributed by atoms with Crippen LogP contribution < -0.4 is 0 Å². The molecular weight excluding hydrogens is 198 g/mol. The Labute approximate surface area is 87.1 Å². The molecule has 0 heterocycles. The topological polar surface area (TPSA) is 17.1 Å². The molecule has 15 heavy (non-hydrogen) atoms. The van der Waals surface area contributed by atoms with Gasteiger partial charge in [0.1, 0.15) is 17.4 Å². The van der Waals surface area contributed by atoms with E-state index in [-0.39, 0.29) is 11.2 Å². The summed E-state index contributed by atoms with van der Waals surface area (Å²) in [7, 11) is 0. The first kappa shape index (κ1) is 10.3. The van der Waals surface area contributed by atoms with Gasteiger partial charge in [-0.2, -0.15) is 0 Å². The van der Waals surface area contributed by atoms with Crippen LogP contribution in [0.5, 0.6) is 0 Å². The Morgan fingerprint density at radius 3 is 2.27 bits per heavy atom. The van der Waals surface area contributed by atoms with Crippen molar-refractivity contribution in [3.63, 3.8) is 0 Å². The van der Waals surface area contributed by atoms with Gasteiger partial charge in [-0.25, -0.2) is 8.78 Å². The minimum absolute atomic E-state index is 0.169. The summed E-state index contributed by atoms with van der Waals surface area (Å²) in [5.74, 6) is -0.988. The van der Waals surface area contributed by atoms with E-state index >= 15 is 0 Å². The van der Waals surface area contributed by atoms with E-state index < -0.39 is 11.6 Å². The summed E-state index contributed by atoms with van der Waals surface area (Å²) in [6.45, 7) is 1.88. The van der Waals surface area contributed by atoms with E-state index in [4.69, 9.17) is 0 Å². The molecule has 0 saturated heterocycles. The van der Waals surface area contributed by atoms with Gasteiger partial charge in [-0.3, -0.25) is 4.79 Å². The number of carbonyl (C=O) groups excluding carboxylic acids is 1. The molecule has 0 radical (unpaired) electrons. The Bertz CT molecular complexity index is 394. The second-order valence-corrected chi connectivity index (χ2v) is 4.43. The van der Waals surface area contributed by atoms with E-state index in [2.05, 4.69) is 0 Å². The van der Waals surface area contributed by atoms with E-state index in [1.165, 1.54) is 12.1 Å². The molecule has 0 N–H and O–H groups in total. The van der Waals surface area contributed by atoms with Crippen LogP contribution in [0.1, 0.15) is 31.7 Å². The maximum absolute atomic E-state index is 13.0. The highest BCUT2D eigenvalue weighted by molar-refractivity contribution is 5.82. The summed E-state index contributed by atoms with van der Waals surface area (Å²) >= 11 is 0. The van der Waals surface area contributed by atoms with Crippen LogP contribution in [0.3, 0.4) is 0 Å². The molecule has 2 rings (SSSR count). The van der Waals surface area contributed by atoms with E-state index in [0.29, 0.717) is 24.8 Å². The molecule has 0 aliphatic heterocycles. The molecular formula is C12H12F2O. The summed E-state index contributed by atoms with van der Waals surface area (Å²) in [4.78, 5) is 11.2. The predicted molar refractivity (Wildman–Crippen MR) is 52.6 cm³/mol.